The minimum absolute atomic E-state index is 0.0117. The lowest BCUT2D eigenvalue weighted by molar-refractivity contribution is -0.0697. The summed E-state index contributed by atoms with van der Waals surface area (Å²) in [4.78, 5) is 15.0. The lowest BCUT2D eigenvalue weighted by Gasteiger charge is -2.44. The number of ether oxygens (including phenoxy) is 1. The Labute approximate surface area is 198 Å². The first kappa shape index (κ1) is 23.9. The number of aliphatic hydroxyl groups is 1. The molecular weight excluding hydrogens is 436 g/mol. The Kier molecular flexibility index (Phi) is 7.27. The van der Waals surface area contributed by atoms with Crippen LogP contribution in [0, 0.1) is 11.6 Å². The summed E-state index contributed by atoms with van der Waals surface area (Å²) in [5.74, 6) is -0.620. The van der Waals surface area contributed by atoms with Crippen molar-refractivity contribution in [2.75, 3.05) is 13.2 Å². The van der Waals surface area contributed by atoms with Crippen molar-refractivity contribution in [3.05, 3.63) is 95.6 Å². The second-order valence-corrected chi connectivity index (χ2v) is 8.69. The normalized spacial score (nSPS) is 19.1. The van der Waals surface area contributed by atoms with Gasteiger partial charge in [0.05, 0.1) is 6.04 Å². The number of halogens is 2. The molecule has 0 spiro atoms. The van der Waals surface area contributed by atoms with Gasteiger partial charge in [0, 0.05) is 19.6 Å². The molecule has 2 atom stereocenters. The summed E-state index contributed by atoms with van der Waals surface area (Å²) in [6.45, 7) is 2.50. The second kappa shape index (κ2) is 10.3. The summed E-state index contributed by atoms with van der Waals surface area (Å²) in [7, 11) is 0. The Morgan fingerprint density at radius 1 is 0.941 bits per heavy atom. The number of amides is 1. The Morgan fingerprint density at radius 2 is 1.50 bits per heavy atom. The van der Waals surface area contributed by atoms with Gasteiger partial charge in [0.15, 0.2) is 0 Å². The third-order valence-electron chi connectivity index (χ3n) is 6.62. The molecule has 1 aliphatic rings. The molecule has 0 aliphatic carbocycles. The third-order valence-corrected chi connectivity index (χ3v) is 6.62. The number of rotatable bonds is 8. The fraction of sp³-hybridized carbons (Fsp3) is 0.321. The van der Waals surface area contributed by atoms with Crippen LogP contribution in [0.3, 0.4) is 0 Å². The highest BCUT2D eigenvalue weighted by Gasteiger charge is 2.43. The fourth-order valence-electron chi connectivity index (χ4n) is 4.77. The summed E-state index contributed by atoms with van der Waals surface area (Å²) in [6.07, 6.45) is 1.80. The molecule has 1 amide bonds. The topological polar surface area (TPSA) is 49.8 Å². The van der Waals surface area contributed by atoms with Crippen LogP contribution in [0.25, 0.3) is 11.1 Å². The zero-order valence-corrected chi connectivity index (χ0v) is 19.2. The molecule has 6 heteroatoms. The Hall–Kier alpha value is -3.25. The molecule has 34 heavy (non-hydrogen) atoms. The molecule has 1 saturated heterocycles. The minimum Gasteiger partial charge on any atom is -0.438 e. The van der Waals surface area contributed by atoms with Crippen molar-refractivity contribution in [1.29, 1.82) is 0 Å². The molecule has 4 rings (SSSR count). The fourth-order valence-corrected chi connectivity index (χ4v) is 4.77. The first-order valence-electron chi connectivity index (χ1n) is 11.7. The van der Waals surface area contributed by atoms with Crippen molar-refractivity contribution in [3.63, 3.8) is 0 Å². The van der Waals surface area contributed by atoms with E-state index in [-0.39, 0.29) is 24.3 Å². The van der Waals surface area contributed by atoms with Gasteiger partial charge in [0.25, 0.3) is 0 Å². The van der Waals surface area contributed by atoms with Gasteiger partial charge >= 0.3 is 6.09 Å². The summed E-state index contributed by atoms with van der Waals surface area (Å²) in [5, 5.41) is 9.38. The van der Waals surface area contributed by atoms with E-state index in [0.717, 1.165) is 22.3 Å². The molecule has 0 bridgehead atoms. The van der Waals surface area contributed by atoms with Gasteiger partial charge in [-0.15, -0.1) is 0 Å². The van der Waals surface area contributed by atoms with Crippen molar-refractivity contribution in [1.82, 2.24) is 4.90 Å². The largest absolute Gasteiger partial charge is 0.438 e. The van der Waals surface area contributed by atoms with Crippen molar-refractivity contribution in [3.8, 4) is 11.1 Å². The van der Waals surface area contributed by atoms with Crippen LogP contribution < -0.4 is 0 Å². The van der Waals surface area contributed by atoms with Gasteiger partial charge in [-0.2, -0.15) is 0 Å². The standard InChI is InChI=1S/C28H29F2NO3/c1-2-26(22-6-4-20(5-7-22)21-8-12-24(29)13-9-21)31-18-17-28(16-3-19-32,34-27(31)33)23-10-14-25(30)15-11-23/h4-15,26,32H,2-3,16-19H2,1H3/t26-,28+/m0/s1. The average Bonchev–Trinajstić information content (AvgIpc) is 2.86. The van der Waals surface area contributed by atoms with Gasteiger partial charge < -0.3 is 14.7 Å². The maximum atomic E-state index is 13.5. The lowest BCUT2D eigenvalue weighted by Crippen LogP contribution is -2.49. The lowest BCUT2D eigenvalue weighted by atomic mass is 9.84. The number of carbonyl (C=O) groups is 1. The smallest absolute Gasteiger partial charge is 0.411 e. The molecule has 3 aromatic carbocycles. The molecule has 0 aromatic heterocycles. The van der Waals surface area contributed by atoms with E-state index in [0.29, 0.717) is 32.2 Å². The molecule has 0 unspecified atom stereocenters. The first-order valence-corrected chi connectivity index (χ1v) is 11.7. The van der Waals surface area contributed by atoms with Crippen LogP contribution in [0.1, 0.15) is 49.8 Å². The number of aliphatic hydroxyl groups excluding tert-OH is 1. The quantitative estimate of drug-likeness (QED) is 0.408. The number of hydrogen-bond acceptors (Lipinski definition) is 3. The number of hydrogen-bond donors (Lipinski definition) is 1. The molecule has 0 radical (unpaired) electrons. The molecule has 4 nitrogen and oxygen atoms in total. The van der Waals surface area contributed by atoms with Crippen LogP contribution in [-0.4, -0.2) is 29.3 Å². The molecule has 1 heterocycles. The van der Waals surface area contributed by atoms with E-state index >= 15 is 0 Å². The van der Waals surface area contributed by atoms with E-state index in [9.17, 15) is 18.7 Å². The maximum absolute atomic E-state index is 13.5. The van der Waals surface area contributed by atoms with E-state index < -0.39 is 11.7 Å². The number of carbonyl (C=O) groups excluding carboxylic acids is 1. The maximum Gasteiger partial charge on any atom is 0.411 e. The highest BCUT2D eigenvalue weighted by molar-refractivity contribution is 5.70. The number of nitrogens with zero attached hydrogens (tertiary/aromatic N) is 1. The first-order chi connectivity index (χ1) is 16.5. The summed E-state index contributed by atoms with van der Waals surface area (Å²) in [6, 6.07) is 20.2. The van der Waals surface area contributed by atoms with Crippen molar-refractivity contribution in [2.45, 2.75) is 44.2 Å². The van der Waals surface area contributed by atoms with Crippen LogP contribution in [0.15, 0.2) is 72.8 Å². The van der Waals surface area contributed by atoms with E-state index in [1.807, 2.05) is 31.2 Å². The average molecular weight is 466 g/mol. The van der Waals surface area contributed by atoms with Crippen LogP contribution >= 0.6 is 0 Å². The zero-order valence-electron chi connectivity index (χ0n) is 19.2. The molecule has 0 saturated carbocycles. The van der Waals surface area contributed by atoms with E-state index in [1.54, 1.807) is 29.2 Å². The van der Waals surface area contributed by atoms with Crippen molar-refractivity contribution in [2.24, 2.45) is 0 Å². The molecular formula is C28H29F2NO3. The number of benzene rings is 3. The van der Waals surface area contributed by atoms with Gasteiger partial charge in [-0.25, -0.2) is 13.6 Å². The highest BCUT2D eigenvalue weighted by Crippen LogP contribution is 2.41. The number of cyclic esters (lactones) is 1. The summed E-state index contributed by atoms with van der Waals surface area (Å²) >= 11 is 0. The molecule has 1 aliphatic heterocycles. The predicted molar refractivity (Wildman–Crippen MR) is 127 cm³/mol. The van der Waals surface area contributed by atoms with Gasteiger partial charge in [-0.1, -0.05) is 55.5 Å². The van der Waals surface area contributed by atoms with Crippen LogP contribution in [-0.2, 0) is 10.3 Å². The Morgan fingerprint density at radius 3 is 2.03 bits per heavy atom. The van der Waals surface area contributed by atoms with Gasteiger partial charge in [-0.05, 0) is 65.8 Å². The monoisotopic (exact) mass is 465 g/mol. The van der Waals surface area contributed by atoms with Crippen LogP contribution in [0.2, 0.25) is 0 Å². The summed E-state index contributed by atoms with van der Waals surface area (Å²) in [5.41, 5.74) is 2.75. The predicted octanol–water partition coefficient (Wildman–Crippen LogP) is 6.59. The van der Waals surface area contributed by atoms with E-state index in [2.05, 4.69) is 0 Å². The Bertz CT molecular complexity index is 1100. The van der Waals surface area contributed by atoms with Crippen molar-refractivity contribution < 1.29 is 23.4 Å². The van der Waals surface area contributed by atoms with Gasteiger partial charge in [0.2, 0.25) is 0 Å². The molecule has 3 aromatic rings. The zero-order chi connectivity index (χ0) is 24.1. The third kappa shape index (κ3) is 4.97. The highest BCUT2D eigenvalue weighted by atomic mass is 19.1. The Balaban J connectivity index is 1.54. The van der Waals surface area contributed by atoms with Gasteiger partial charge in [0.1, 0.15) is 17.2 Å². The minimum atomic E-state index is -0.880. The molecule has 1 fully saturated rings. The molecule has 178 valence electrons. The molecule has 1 N–H and O–H groups in total. The van der Waals surface area contributed by atoms with E-state index in [4.69, 9.17) is 4.74 Å². The summed E-state index contributed by atoms with van der Waals surface area (Å²) < 4.78 is 32.8. The van der Waals surface area contributed by atoms with Crippen LogP contribution in [0.5, 0.6) is 0 Å². The van der Waals surface area contributed by atoms with E-state index in [1.165, 1.54) is 24.3 Å². The second-order valence-electron chi connectivity index (χ2n) is 8.69. The van der Waals surface area contributed by atoms with Crippen LogP contribution in [0.4, 0.5) is 13.6 Å². The van der Waals surface area contributed by atoms with Crippen molar-refractivity contribution >= 4 is 6.09 Å². The van der Waals surface area contributed by atoms with Gasteiger partial charge in [-0.3, -0.25) is 0 Å². The SMILES string of the molecule is CC[C@@H](c1ccc(-c2ccc(F)cc2)cc1)N1CC[C@](CCCO)(c2ccc(F)cc2)OC1=O.